The largest absolute Gasteiger partial charge is 0.497 e. The van der Waals surface area contributed by atoms with E-state index in [0.717, 1.165) is 28.1 Å². The zero-order chi connectivity index (χ0) is 22.4. The molecule has 2 amide bonds. The Bertz CT molecular complexity index is 1140. The van der Waals surface area contributed by atoms with E-state index in [0.29, 0.717) is 12.3 Å². The second kappa shape index (κ2) is 10.0. The van der Waals surface area contributed by atoms with Gasteiger partial charge in [-0.15, -0.1) is 0 Å². The van der Waals surface area contributed by atoms with Crippen LogP contribution in [0.3, 0.4) is 0 Å². The van der Waals surface area contributed by atoms with Gasteiger partial charge in [-0.3, -0.25) is 4.79 Å². The number of urea groups is 1. The number of nitrogens with two attached hydrogens (primary N) is 1. The molecule has 7 nitrogen and oxygen atoms in total. The Morgan fingerprint density at radius 3 is 2.58 bits per heavy atom. The van der Waals surface area contributed by atoms with Crippen LogP contribution in [0, 0.1) is 6.92 Å². The first-order valence-electron chi connectivity index (χ1n) is 9.64. The smallest absolute Gasteiger partial charge is 0.312 e. The number of rotatable bonds is 8. The van der Waals surface area contributed by atoms with E-state index in [2.05, 4.69) is 5.32 Å². The highest BCUT2D eigenvalue weighted by Gasteiger charge is 2.14. The summed E-state index contributed by atoms with van der Waals surface area (Å²) in [5, 5.41) is 2.58. The number of carbonyl (C=O) groups is 1. The van der Waals surface area contributed by atoms with Gasteiger partial charge in [-0.2, -0.15) is 0 Å². The normalized spacial score (nSPS) is 10.5. The number of methoxy groups -OCH3 is 1. The molecule has 0 atom stereocenters. The summed E-state index contributed by atoms with van der Waals surface area (Å²) in [7, 11) is 1.60. The first kappa shape index (κ1) is 22.2. The van der Waals surface area contributed by atoms with Crippen LogP contribution in [0.25, 0.3) is 0 Å². The van der Waals surface area contributed by atoms with Gasteiger partial charge in [0.1, 0.15) is 23.1 Å². The van der Waals surface area contributed by atoms with Crippen molar-refractivity contribution in [3.63, 3.8) is 0 Å². The molecule has 0 aliphatic heterocycles. The summed E-state index contributed by atoms with van der Waals surface area (Å²) in [6.07, 6.45) is 0. The summed E-state index contributed by atoms with van der Waals surface area (Å²) < 4.78 is 12.7. The lowest BCUT2D eigenvalue weighted by molar-refractivity contribution is 0.248. The van der Waals surface area contributed by atoms with Gasteiger partial charge in [0.25, 0.3) is 5.56 Å². The summed E-state index contributed by atoms with van der Waals surface area (Å²) in [6, 6.07) is 16.1. The van der Waals surface area contributed by atoms with E-state index >= 15 is 0 Å². The van der Waals surface area contributed by atoms with Crippen molar-refractivity contribution in [3.05, 3.63) is 92.4 Å². The van der Waals surface area contributed by atoms with Gasteiger partial charge < -0.3 is 25.1 Å². The fraction of sp³-hybridized carbons (Fsp3) is 0.217. The highest BCUT2D eigenvalue weighted by molar-refractivity contribution is 6.31. The Labute approximate surface area is 185 Å². The second-order valence-corrected chi connectivity index (χ2v) is 7.36. The molecule has 3 rings (SSSR count). The van der Waals surface area contributed by atoms with E-state index in [1.54, 1.807) is 17.7 Å². The van der Waals surface area contributed by atoms with Crippen LogP contribution in [-0.4, -0.2) is 17.7 Å². The number of carbonyl (C=O) groups excluding carboxylic acids is 1. The summed E-state index contributed by atoms with van der Waals surface area (Å²) in [5.74, 6) is 1.03. The quantitative estimate of drug-likeness (QED) is 0.558. The molecule has 8 heteroatoms. The van der Waals surface area contributed by atoms with Crippen molar-refractivity contribution in [2.75, 3.05) is 7.11 Å². The summed E-state index contributed by atoms with van der Waals surface area (Å²) in [4.78, 5) is 23.9. The zero-order valence-electron chi connectivity index (χ0n) is 17.4. The maximum absolute atomic E-state index is 12.9. The third-order valence-electron chi connectivity index (χ3n) is 4.84. The molecule has 0 unspecified atom stereocenters. The number of hydrogen-bond donors (Lipinski definition) is 2. The molecule has 0 spiro atoms. The molecule has 0 saturated heterocycles. The number of aromatic nitrogens is 1. The average Bonchev–Trinajstić information content (AvgIpc) is 2.77. The lowest BCUT2D eigenvalue weighted by atomic mass is 10.1. The van der Waals surface area contributed by atoms with Crippen LogP contribution in [0.15, 0.2) is 59.4 Å². The Balaban J connectivity index is 1.80. The van der Waals surface area contributed by atoms with Crippen molar-refractivity contribution in [3.8, 4) is 11.5 Å². The van der Waals surface area contributed by atoms with E-state index in [1.165, 1.54) is 0 Å². The van der Waals surface area contributed by atoms with Gasteiger partial charge in [0.15, 0.2) is 0 Å². The molecule has 1 aromatic heterocycles. The third kappa shape index (κ3) is 5.58. The van der Waals surface area contributed by atoms with Crippen molar-refractivity contribution in [1.29, 1.82) is 0 Å². The number of aryl methyl sites for hydroxylation is 1. The fourth-order valence-electron chi connectivity index (χ4n) is 3.18. The number of ether oxygens (including phenoxy) is 2. The van der Waals surface area contributed by atoms with Gasteiger partial charge in [-0.05, 0) is 35.7 Å². The van der Waals surface area contributed by atoms with E-state index < -0.39 is 6.03 Å². The first-order valence-corrected chi connectivity index (χ1v) is 10.0. The van der Waals surface area contributed by atoms with Gasteiger partial charge in [-0.1, -0.05) is 48.0 Å². The predicted molar refractivity (Wildman–Crippen MR) is 120 cm³/mol. The molecular formula is C23H24ClN3O4. The topological polar surface area (TPSA) is 95.6 Å². The van der Waals surface area contributed by atoms with Gasteiger partial charge in [0.05, 0.1) is 13.7 Å². The number of halogens is 1. The van der Waals surface area contributed by atoms with Crippen molar-refractivity contribution in [1.82, 2.24) is 9.88 Å². The predicted octanol–water partition coefficient (Wildman–Crippen LogP) is 3.61. The number of hydrogen-bond acceptors (Lipinski definition) is 4. The zero-order valence-corrected chi connectivity index (χ0v) is 18.1. The van der Waals surface area contributed by atoms with Gasteiger partial charge in [0.2, 0.25) is 0 Å². The van der Waals surface area contributed by atoms with E-state index in [-0.39, 0.29) is 23.7 Å². The van der Waals surface area contributed by atoms with Crippen molar-refractivity contribution >= 4 is 17.6 Å². The molecule has 0 fully saturated rings. The summed E-state index contributed by atoms with van der Waals surface area (Å²) in [6.45, 7) is 2.66. The maximum Gasteiger partial charge on any atom is 0.312 e. The number of primary amides is 1. The summed E-state index contributed by atoms with van der Waals surface area (Å²) in [5.41, 5.74) is 8.17. The average molecular weight is 442 g/mol. The van der Waals surface area contributed by atoms with Gasteiger partial charge in [-0.25, -0.2) is 4.79 Å². The van der Waals surface area contributed by atoms with E-state index in [1.807, 2.05) is 55.5 Å². The molecule has 0 bridgehead atoms. The van der Waals surface area contributed by atoms with Crippen LogP contribution in [0.5, 0.6) is 11.5 Å². The fourth-order valence-corrected chi connectivity index (χ4v) is 3.39. The minimum atomic E-state index is -0.603. The molecule has 0 radical (unpaired) electrons. The van der Waals surface area contributed by atoms with Crippen LogP contribution in [-0.2, 0) is 19.7 Å². The molecule has 162 valence electrons. The minimum absolute atomic E-state index is 0.0150. The van der Waals surface area contributed by atoms with Crippen molar-refractivity contribution in [2.45, 2.75) is 26.6 Å². The number of nitrogens with zero attached hydrogens (tertiary/aromatic N) is 1. The number of benzene rings is 2. The van der Waals surface area contributed by atoms with Crippen LogP contribution in [0.1, 0.15) is 22.4 Å². The Morgan fingerprint density at radius 2 is 1.87 bits per heavy atom. The molecule has 3 aromatic rings. The van der Waals surface area contributed by atoms with E-state index in [9.17, 15) is 9.59 Å². The Kier molecular flexibility index (Phi) is 7.20. The third-order valence-corrected chi connectivity index (χ3v) is 5.19. The van der Waals surface area contributed by atoms with Gasteiger partial charge >= 0.3 is 6.03 Å². The number of nitrogens with one attached hydrogen (secondary N) is 1. The highest BCUT2D eigenvalue weighted by atomic mass is 35.5. The molecule has 2 aromatic carbocycles. The maximum atomic E-state index is 12.9. The first-order chi connectivity index (χ1) is 14.9. The molecular weight excluding hydrogens is 418 g/mol. The summed E-state index contributed by atoms with van der Waals surface area (Å²) >= 11 is 6.35. The molecule has 3 N–H and O–H groups in total. The monoisotopic (exact) mass is 441 g/mol. The number of pyridine rings is 1. The van der Waals surface area contributed by atoms with E-state index in [4.69, 9.17) is 26.8 Å². The Hall–Kier alpha value is -3.45. The molecule has 0 aliphatic carbocycles. The molecule has 31 heavy (non-hydrogen) atoms. The van der Waals surface area contributed by atoms with Crippen LogP contribution in [0.4, 0.5) is 4.79 Å². The minimum Gasteiger partial charge on any atom is -0.497 e. The number of amides is 2. The van der Waals surface area contributed by atoms with Crippen LogP contribution < -0.4 is 26.1 Å². The van der Waals surface area contributed by atoms with Crippen LogP contribution in [0.2, 0.25) is 5.02 Å². The molecule has 0 aliphatic rings. The van der Waals surface area contributed by atoms with Gasteiger partial charge in [0, 0.05) is 18.3 Å². The highest BCUT2D eigenvalue weighted by Crippen LogP contribution is 2.24. The lowest BCUT2D eigenvalue weighted by Gasteiger charge is -2.16. The van der Waals surface area contributed by atoms with Crippen molar-refractivity contribution < 1.29 is 14.3 Å². The Morgan fingerprint density at radius 1 is 1.13 bits per heavy atom. The second-order valence-electron chi connectivity index (χ2n) is 6.98. The lowest BCUT2D eigenvalue weighted by Crippen LogP contribution is -2.29. The van der Waals surface area contributed by atoms with Crippen molar-refractivity contribution in [2.24, 2.45) is 5.73 Å². The SMILES string of the molecule is COc1cccc(Cn2c(C)cc(OCc3ccccc3CNC(N)=O)c(Cl)c2=O)c1. The molecule has 0 saturated carbocycles. The molecule has 1 heterocycles. The standard InChI is InChI=1S/C23H24ClN3O4/c1-15-10-20(31-14-18-8-4-3-7-17(18)12-26-23(25)29)21(24)22(28)27(15)13-16-6-5-9-19(11-16)30-2/h3-11H,12-14H2,1-2H3,(H3,25,26,29). The van der Waals surface area contributed by atoms with Crippen LogP contribution >= 0.6 is 11.6 Å².